The van der Waals surface area contributed by atoms with Crippen molar-refractivity contribution in [2.45, 2.75) is 13.5 Å². The number of carbonyl (C=O) groups is 2. The number of rotatable bonds is 7. The molecule has 0 radical (unpaired) electrons. The van der Waals surface area contributed by atoms with Crippen molar-refractivity contribution in [2.75, 3.05) is 6.54 Å². The van der Waals surface area contributed by atoms with Gasteiger partial charge in [-0.15, -0.1) is 11.3 Å². The molecular formula is C23H21N5O2S. The second kappa shape index (κ2) is 9.36. The number of hydrogen-bond acceptors (Lipinski definition) is 5. The minimum atomic E-state index is -0.269. The molecule has 0 saturated carbocycles. The molecule has 2 amide bonds. The number of nitrogens with one attached hydrogen (secondary N) is 2. The largest absolute Gasteiger partial charge is 0.350 e. The minimum Gasteiger partial charge on any atom is -0.350 e. The van der Waals surface area contributed by atoms with Crippen molar-refractivity contribution < 1.29 is 9.59 Å². The molecule has 4 aromatic rings. The zero-order valence-electron chi connectivity index (χ0n) is 16.9. The minimum absolute atomic E-state index is 0.0901. The van der Waals surface area contributed by atoms with E-state index in [1.807, 2.05) is 61.7 Å². The van der Waals surface area contributed by atoms with Gasteiger partial charge in [-0.3, -0.25) is 14.6 Å². The zero-order chi connectivity index (χ0) is 21.6. The van der Waals surface area contributed by atoms with Crippen molar-refractivity contribution in [3.63, 3.8) is 0 Å². The van der Waals surface area contributed by atoms with Crippen molar-refractivity contribution in [1.82, 2.24) is 25.4 Å². The predicted octanol–water partition coefficient (Wildman–Crippen LogP) is 3.35. The number of nitrogens with zero attached hydrogens (tertiary/aromatic N) is 3. The van der Waals surface area contributed by atoms with Crippen molar-refractivity contribution in [3.05, 3.63) is 88.5 Å². The molecule has 31 heavy (non-hydrogen) atoms. The first kappa shape index (κ1) is 20.5. The number of benzene rings is 1. The summed E-state index contributed by atoms with van der Waals surface area (Å²) in [5.41, 5.74) is 3.47. The Labute approximate surface area is 183 Å². The molecule has 156 valence electrons. The van der Waals surface area contributed by atoms with Crippen LogP contribution in [0.3, 0.4) is 0 Å². The van der Waals surface area contributed by atoms with Crippen LogP contribution in [0.15, 0.2) is 73.2 Å². The molecule has 0 spiro atoms. The third-order valence-electron chi connectivity index (χ3n) is 4.61. The van der Waals surface area contributed by atoms with Gasteiger partial charge in [0.1, 0.15) is 0 Å². The molecule has 0 saturated heterocycles. The van der Waals surface area contributed by atoms with Crippen LogP contribution in [0, 0.1) is 6.92 Å². The lowest BCUT2D eigenvalue weighted by molar-refractivity contribution is -0.120. The Bertz CT molecular complexity index is 1190. The fourth-order valence-electron chi connectivity index (χ4n) is 3.07. The first-order valence-corrected chi connectivity index (χ1v) is 10.6. The first-order valence-electron chi connectivity index (χ1n) is 9.76. The summed E-state index contributed by atoms with van der Waals surface area (Å²) in [7, 11) is 0. The summed E-state index contributed by atoms with van der Waals surface area (Å²) < 4.78 is 1.79. The van der Waals surface area contributed by atoms with Gasteiger partial charge in [0.2, 0.25) is 5.91 Å². The van der Waals surface area contributed by atoms with Crippen molar-refractivity contribution in [3.8, 4) is 16.9 Å². The molecular weight excluding hydrogens is 410 g/mol. The predicted molar refractivity (Wildman–Crippen MR) is 120 cm³/mol. The molecule has 8 heteroatoms. The lowest BCUT2D eigenvalue weighted by Crippen LogP contribution is -2.36. The van der Waals surface area contributed by atoms with E-state index in [4.69, 9.17) is 5.10 Å². The SMILES string of the molecule is Cc1ccc(C(=O)NCC(=O)NCc2cn(-c3ccccc3)nc2-c2ccncc2)s1. The van der Waals surface area contributed by atoms with Crippen LogP contribution in [0.5, 0.6) is 0 Å². The second-order valence-electron chi connectivity index (χ2n) is 6.89. The summed E-state index contributed by atoms with van der Waals surface area (Å²) in [5.74, 6) is -0.516. The van der Waals surface area contributed by atoms with Crippen LogP contribution < -0.4 is 10.6 Å². The normalized spacial score (nSPS) is 10.6. The number of thiophene rings is 1. The lowest BCUT2D eigenvalue weighted by Gasteiger charge is -2.06. The molecule has 7 nitrogen and oxygen atoms in total. The molecule has 0 fully saturated rings. The Morgan fingerprint density at radius 3 is 2.48 bits per heavy atom. The van der Waals surface area contributed by atoms with Crippen LogP contribution in [-0.4, -0.2) is 33.1 Å². The second-order valence-corrected chi connectivity index (χ2v) is 8.18. The number of pyridine rings is 1. The first-order chi connectivity index (χ1) is 15.1. The molecule has 0 atom stereocenters. The molecule has 0 aliphatic rings. The zero-order valence-corrected chi connectivity index (χ0v) is 17.7. The van der Waals surface area contributed by atoms with E-state index < -0.39 is 0 Å². The maximum absolute atomic E-state index is 12.3. The standard InChI is InChI=1S/C23H21N5O2S/c1-16-7-8-20(31-16)23(30)26-14-21(29)25-13-18-15-28(19-5-3-2-4-6-19)27-22(18)17-9-11-24-12-10-17/h2-12,15H,13-14H2,1H3,(H,25,29)(H,26,30). The van der Waals surface area contributed by atoms with Gasteiger partial charge in [-0.05, 0) is 43.3 Å². The summed E-state index contributed by atoms with van der Waals surface area (Å²) in [5, 5.41) is 10.2. The van der Waals surface area contributed by atoms with Crippen LogP contribution in [0.4, 0.5) is 0 Å². The third kappa shape index (κ3) is 5.04. The number of hydrogen-bond donors (Lipinski definition) is 2. The van der Waals surface area contributed by atoms with E-state index in [1.54, 1.807) is 23.1 Å². The van der Waals surface area contributed by atoms with Gasteiger partial charge in [0.25, 0.3) is 5.91 Å². The molecule has 4 rings (SSSR count). The van der Waals surface area contributed by atoms with Gasteiger partial charge in [-0.1, -0.05) is 18.2 Å². The molecule has 0 aliphatic carbocycles. The Morgan fingerprint density at radius 1 is 1.00 bits per heavy atom. The summed E-state index contributed by atoms with van der Waals surface area (Å²) in [6, 6.07) is 17.2. The van der Waals surface area contributed by atoms with Crippen LogP contribution >= 0.6 is 11.3 Å². The fraction of sp³-hybridized carbons (Fsp3) is 0.130. The lowest BCUT2D eigenvalue weighted by atomic mass is 10.1. The van der Waals surface area contributed by atoms with E-state index in [0.717, 1.165) is 27.4 Å². The number of aromatic nitrogens is 3. The van der Waals surface area contributed by atoms with Crippen molar-refractivity contribution >= 4 is 23.2 Å². The Hall–Kier alpha value is -3.78. The smallest absolute Gasteiger partial charge is 0.261 e. The molecule has 3 aromatic heterocycles. The van der Waals surface area contributed by atoms with E-state index in [9.17, 15) is 9.59 Å². The van der Waals surface area contributed by atoms with Gasteiger partial charge in [-0.2, -0.15) is 5.10 Å². The van der Waals surface area contributed by atoms with Gasteiger partial charge >= 0.3 is 0 Å². The Morgan fingerprint density at radius 2 is 1.77 bits per heavy atom. The maximum Gasteiger partial charge on any atom is 0.261 e. The van der Waals surface area contributed by atoms with Crippen LogP contribution in [0.2, 0.25) is 0 Å². The number of aryl methyl sites for hydroxylation is 1. The van der Waals surface area contributed by atoms with Crippen LogP contribution in [0.1, 0.15) is 20.1 Å². The number of amides is 2. The average Bonchev–Trinajstić information content (AvgIpc) is 3.44. The Balaban J connectivity index is 1.45. The molecule has 0 aliphatic heterocycles. The quantitative estimate of drug-likeness (QED) is 0.470. The molecule has 0 bridgehead atoms. The van der Waals surface area contributed by atoms with Crippen molar-refractivity contribution in [1.29, 1.82) is 0 Å². The Kier molecular flexibility index (Phi) is 6.18. The monoisotopic (exact) mass is 431 g/mol. The summed E-state index contributed by atoms with van der Waals surface area (Å²) in [6.45, 7) is 2.13. The highest BCUT2D eigenvalue weighted by atomic mass is 32.1. The fourth-order valence-corrected chi connectivity index (χ4v) is 3.85. The molecule has 2 N–H and O–H groups in total. The highest BCUT2D eigenvalue weighted by molar-refractivity contribution is 7.13. The van der Waals surface area contributed by atoms with E-state index in [0.29, 0.717) is 4.88 Å². The topological polar surface area (TPSA) is 88.9 Å². The van der Waals surface area contributed by atoms with Gasteiger partial charge in [-0.25, -0.2) is 4.68 Å². The van der Waals surface area contributed by atoms with E-state index in [2.05, 4.69) is 15.6 Å². The highest BCUT2D eigenvalue weighted by Crippen LogP contribution is 2.23. The summed E-state index contributed by atoms with van der Waals surface area (Å²) in [6.07, 6.45) is 5.32. The number of carbonyl (C=O) groups excluding carboxylic acids is 2. The number of para-hydroxylation sites is 1. The van der Waals surface area contributed by atoms with Gasteiger partial charge in [0.05, 0.1) is 22.8 Å². The van der Waals surface area contributed by atoms with Crippen LogP contribution in [0.25, 0.3) is 16.9 Å². The van der Waals surface area contributed by atoms with Crippen molar-refractivity contribution in [2.24, 2.45) is 0 Å². The van der Waals surface area contributed by atoms with E-state index >= 15 is 0 Å². The maximum atomic E-state index is 12.3. The summed E-state index contributed by atoms with van der Waals surface area (Å²) >= 11 is 1.40. The molecule has 1 aromatic carbocycles. The molecule has 3 heterocycles. The highest BCUT2D eigenvalue weighted by Gasteiger charge is 2.14. The van der Waals surface area contributed by atoms with Crippen LogP contribution in [-0.2, 0) is 11.3 Å². The third-order valence-corrected chi connectivity index (χ3v) is 5.61. The average molecular weight is 432 g/mol. The summed E-state index contributed by atoms with van der Waals surface area (Å²) in [4.78, 5) is 30.2. The van der Waals surface area contributed by atoms with Gasteiger partial charge < -0.3 is 10.6 Å². The molecule has 0 unspecified atom stereocenters. The van der Waals surface area contributed by atoms with E-state index in [1.165, 1.54) is 11.3 Å². The van der Waals surface area contributed by atoms with Gasteiger partial charge in [0, 0.05) is 41.1 Å². The van der Waals surface area contributed by atoms with Gasteiger partial charge in [0.15, 0.2) is 0 Å². The van der Waals surface area contributed by atoms with E-state index in [-0.39, 0.29) is 24.9 Å².